The standard InChI is InChI=1S/C9H14N2O3/c10-9-6(2-1-4-11-9)8(14)7(13)3-5-12/h1-2,4,7-8,12-14H,3,5H2,(H2,10,11). The summed E-state index contributed by atoms with van der Waals surface area (Å²) >= 11 is 0. The average Bonchev–Trinajstić information content (AvgIpc) is 2.18. The third kappa shape index (κ3) is 2.41. The molecule has 0 aliphatic heterocycles. The second-order valence-electron chi connectivity index (χ2n) is 3.00. The van der Waals surface area contributed by atoms with Gasteiger partial charge in [0.1, 0.15) is 11.9 Å². The largest absolute Gasteiger partial charge is 0.396 e. The van der Waals surface area contributed by atoms with Gasteiger partial charge in [-0.25, -0.2) is 4.98 Å². The molecule has 0 radical (unpaired) electrons. The summed E-state index contributed by atoms with van der Waals surface area (Å²) in [6.07, 6.45) is -0.512. The van der Waals surface area contributed by atoms with Crippen molar-refractivity contribution in [3.05, 3.63) is 23.9 Å². The molecule has 14 heavy (non-hydrogen) atoms. The van der Waals surface area contributed by atoms with E-state index in [1.807, 2.05) is 0 Å². The monoisotopic (exact) mass is 198 g/mol. The van der Waals surface area contributed by atoms with E-state index in [-0.39, 0.29) is 18.8 Å². The fourth-order valence-electron chi connectivity index (χ4n) is 1.18. The number of anilines is 1. The van der Waals surface area contributed by atoms with Gasteiger partial charge in [0.05, 0.1) is 6.10 Å². The summed E-state index contributed by atoms with van der Waals surface area (Å²) < 4.78 is 0. The van der Waals surface area contributed by atoms with Crippen LogP contribution in [0.1, 0.15) is 18.1 Å². The number of aromatic nitrogens is 1. The molecule has 0 saturated heterocycles. The van der Waals surface area contributed by atoms with E-state index in [0.29, 0.717) is 5.56 Å². The summed E-state index contributed by atoms with van der Waals surface area (Å²) in [5.41, 5.74) is 5.89. The highest BCUT2D eigenvalue weighted by Gasteiger charge is 2.19. The van der Waals surface area contributed by atoms with E-state index in [2.05, 4.69) is 4.98 Å². The van der Waals surface area contributed by atoms with Crippen molar-refractivity contribution in [1.82, 2.24) is 4.98 Å². The minimum absolute atomic E-state index is 0.107. The number of aliphatic hydroxyl groups excluding tert-OH is 3. The zero-order chi connectivity index (χ0) is 10.6. The van der Waals surface area contributed by atoms with Crippen LogP contribution in [0, 0.1) is 0 Å². The van der Waals surface area contributed by atoms with Crippen LogP contribution in [-0.2, 0) is 0 Å². The lowest BCUT2D eigenvalue weighted by atomic mass is 10.0. The molecular formula is C9H14N2O3. The Labute approximate surface area is 81.8 Å². The summed E-state index contributed by atoms with van der Waals surface area (Å²) in [4.78, 5) is 3.79. The second-order valence-corrected chi connectivity index (χ2v) is 3.00. The molecule has 5 N–H and O–H groups in total. The van der Waals surface area contributed by atoms with Gasteiger partial charge in [0.2, 0.25) is 0 Å². The zero-order valence-corrected chi connectivity index (χ0v) is 7.67. The minimum Gasteiger partial charge on any atom is -0.396 e. The van der Waals surface area contributed by atoms with E-state index in [1.54, 1.807) is 12.1 Å². The van der Waals surface area contributed by atoms with E-state index < -0.39 is 12.2 Å². The molecule has 78 valence electrons. The molecule has 0 fully saturated rings. The number of nitrogens with two attached hydrogens (primary N) is 1. The fourth-order valence-corrected chi connectivity index (χ4v) is 1.18. The topological polar surface area (TPSA) is 99.6 Å². The third-order valence-corrected chi connectivity index (χ3v) is 1.98. The average molecular weight is 198 g/mol. The Hall–Kier alpha value is -1.17. The Morgan fingerprint density at radius 2 is 2.14 bits per heavy atom. The molecule has 0 bridgehead atoms. The van der Waals surface area contributed by atoms with Crippen LogP contribution >= 0.6 is 0 Å². The van der Waals surface area contributed by atoms with Crippen LogP contribution in [0.5, 0.6) is 0 Å². The maximum absolute atomic E-state index is 9.62. The molecule has 1 aromatic heterocycles. The molecule has 5 nitrogen and oxygen atoms in total. The molecule has 2 unspecified atom stereocenters. The quantitative estimate of drug-likeness (QED) is 0.519. The fraction of sp³-hybridized carbons (Fsp3) is 0.444. The lowest BCUT2D eigenvalue weighted by molar-refractivity contribution is 0.00446. The molecule has 1 heterocycles. The van der Waals surface area contributed by atoms with Crippen LogP contribution in [-0.4, -0.2) is 33.0 Å². The van der Waals surface area contributed by atoms with Crippen molar-refractivity contribution in [2.45, 2.75) is 18.6 Å². The molecule has 0 aliphatic carbocycles. The number of hydrogen-bond donors (Lipinski definition) is 4. The van der Waals surface area contributed by atoms with Gasteiger partial charge in [-0.2, -0.15) is 0 Å². The summed E-state index contributed by atoms with van der Waals surface area (Å²) in [5.74, 6) is 0.192. The molecule has 1 rings (SSSR count). The van der Waals surface area contributed by atoms with Crippen molar-refractivity contribution in [2.75, 3.05) is 12.3 Å². The van der Waals surface area contributed by atoms with Crippen molar-refractivity contribution in [3.63, 3.8) is 0 Å². The maximum atomic E-state index is 9.62. The predicted molar refractivity (Wildman–Crippen MR) is 51.3 cm³/mol. The highest BCUT2D eigenvalue weighted by molar-refractivity contribution is 5.40. The summed E-state index contributed by atoms with van der Waals surface area (Å²) in [6.45, 7) is -0.182. The minimum atomic E-state index is -1.10. The molecule has 0 spiro atoms. The zero-order valence-electron chi connectivity index (χ0n) is 7.67. The smallest absolute Gasteiger partial charge is 0.129 e. The molecule has 0 aliphatic rings. The number of pyridine rings is 1. The lowest BCUT2D eigenvalue weighted by Crippen LogP contribution is -2.20. The molecule has 0 saturated carbocycles. The SMILES string of the molecule is Nc1ncccc1C(O)C(O)CCO. The molecule has 0 amide bonds. The Kier molecular flexibility index (Phi) is 3.82. The van der Waals surface area contributed by atoms with Crippen molar-refractivity contribution in [1.29, 1.82) is 0 Å². The number of rotatable bonds is 4. The highest BCUT2D eigenvalue weighted by atomic mass is 16.3. The van der Waals surface area contributed by atoms with Gasteiger partial charge < -0.3 is 21.1 Å². The van der Waals surface area contributed by atoms with Gasteiger partial charge in [0.25, 0.3) is 0 Å². The van der Waals surface area contributed by atoms with E-state index in [9.17, 15) is 10.2 Å². The van der Waals surface area contributed by atoms with Gasteiger partial charge in [0.15, 0.2) is 0 Å². The van der Waals surface area contributed by atoms with Crippen LogP contribution in [0.4, 0.5) is 5.82 Å². The van der Waals surface area contributed by atoms with E-state index in [0.717, 1.165) is 0 Å². The third-order valence-electron chi connectivity index (χ3n) is 1.98. The van der Waals surface area contributed by atoms with Gasteiger partial charge in [-0.3, -0.25) is 0 Å². The van der Waals surface area contributed by atoms with Crippen molar-refractivity contribution in [2.24, 2.45) is 0 Å². The van der Waals surface area contributed by atoms with Crippen molar-refractivity contribution >= 4 is 5.82 Å². The summed E-state index contributed by atoms with van der Waals surface area (Å²) in [6, 6.07) is 3.22. The van der Waals surface area contributed by atoms with Crippen LogP contribution in [0.2, 0.25) is 0 Å². The van der Waals surface area contributed by atoms with E-state index in [4.69, 9.17) is 10.8 Å². The molecule has 0 aromatic carbocycles. The van der Waals surface area contributed by atoms with Gasteiger partial charge >= 0.3 is 0 Å². The molecule has 2 atom stereocenters. The van der Waals surface area contributed by atoms with Gasteiger partial charge in [-0.1, -0.05) is 6.07 Å². The molecule has 1 aromatic rings. The Morgan fingerprint density at radius 1 is 1.43 bits per heavy atom. The van der Waals surface area contributed by atoms with Gasteiger partial charge in [-0.05, 0) is 12.5 Å². The number of nitrogens with zero attached hydrogens (tertiary/aromatic N) is 1. The first-order valence-corrected chi connectivity index (χ1v) is 4.34. The van der Waals surface area contributed by atoms with E-state index in [1.165, 1.54) is 6.20 Å². The molecule has 5 heteroatoms. The molecular weight excluding hydrogens is 184 g/mol. The van der Waals surface area contributed by atoms with Gasteiger partial charge in [0, 0.05) is 18.4 Å². The normalized spacial score (nSPS) is 15.1. The summed E-state index contributed by atoms with van der Waals surface area (Å²) in [5, 5.41) is 27.6. The highest BCUT2D eigenvalue weighted by Crippen LogP contribution is 2.22. The summed E-state index contributed by atoms with van der Waals surface area (Å²) in [7, 11) is 0. The van der Waals surface area contributed by atoms with Crippen molar-refractivity contribution in [3.8, 4) is 0 Å². The first-order valence-electron chi connectivity index (χ1n) is 4.34. The Morgan fingerprint density at radius 3 is 2.71 bits per heavy atom. The first-order chi connectivity index (χ1) is 6.66. The van der Waals surface area contributed by atoms with E-state index >= 15 is 0 Å². The van der Waals surface area contributed by atoms with Crippen LogP contribution in [0.25, 0.3) is 0 Å². The van der Waals surface area contributed by atoms with Crippen LogP contribution in [0.15, 0.2) is 18.3 Å². The number of hydrogen-bond acceptors (Lipinski definition) is 5. The second kappa shape index (κ2) is 4.90. The maximum Gasteiger partial charge on any atom is 0.129 e. The lowest BCUT2D eigenvalue weighted by Gasteiger charge is -2.17. The van der Waals surface area contributed by atoms with Crippen molar-refractivity contribution < 1.29 is 15.3 Å². The predicted octanol–water partition coefficient (Wildman–Crippen LogP) is -0.560. The Bertz CT molecular complexity index is 293. The van der Waals surface area contributed by atoms with Crippen LogP contribution in [0.3, 0.4) is 0 Å². The number of nitrogen functional groups attached to an aromatic ring is 1. The number of aliphatic hydroxyl groups is 3. The van der Waals surface area contributed by atoms with Gasteiger partial charge in [-0.15, -0.1) is 0 Å². The first kappa shape index (κ1) is 10.9. The Balaban J connectivity index is 2.78. The van der Waals surface area contributed by atoms with Crippen LogP contribution < -0.4 is 5.73 Å².